The molecule has 6 heteroatoms. The number of nitrogens with one attached hydrogen (secondary N) is 1. The predicted octanol–water partition coefficient (Wildman–Crippen LogP) is 3.24. The van der Waals surface area contributed by atoms with Crippen LogP contribution in [0.25, 0.3) is 6.08 Å². The highest BCUT2D eigenvalue weighted by molar-refractivity contribution is 7.99. The average Bonchev–Trinajstić information content (AvgIpc) is 2.44. The maximum atomic E-state index is 11.6. The van der Waals surface area contributed by atoms with E-state index >= 15 is 0 Å². The number of hydrogen-bond donors (Lipinski definition) is 2. The Bertz CT molecular complexity index is 466. The standard InChI is InChI=1S/C14H17Cl2NO2S/c15-12-4-2-11(10-13(12)16)3-5-14(19)17-6-9-20-8-1-7-18/h2-5,10,18H,1,6-9H2,(H,17,19)/b5-3+. The number of thioether (sulfide) groups is 1. The fourth-order valence-electron chi connectivity index (χ4n) is 1.36. The van der Waals surface area contributed by atoms with Gasteiger partial charge in [0, 0.05) is 25.0 Å². The molecule has 2 N–H and O–H groups in total. The van der Waals surface area contributed by atoms with Gasteiger partial charge in [0.25, 0.3) is 0 Å². The maximum Gasteiger partial charge on any atom is 0.244 e. The van der Waals surface area contributed by atoms with E-state index < -0.39 is 0 Å². The van der Waals surface area contributed by atoms with E-state index in [2.05, 4.69) is 5.32 Å². The number of aliphatic hydroxyl groups excluding tert-OH is 1. The summed E-state index contributed by atoms with van der Waals surface area (Å²) < 4.78 is 0. The van der Waals surface area contributed by atoms with Crippen LogP contribution in [-0.4, -0.2) is 35.7 Å². The number of aliphatic hydroxyl groups is 1. The van der Waals surface area contributed by atoms with Crippen molar-refractivity contribution < 1.29 is 9.90 Å². The smallest absolute Gasteiger partial charge is 0.244 e. The number of benzene rings is 1. The zero-order valence-electron chi connectivity index (χ0n) is 10.9. The van der Waals surface area contributed by atoms with Crippen LogP contribution in [0.1, 0.15) is 12.0 Å². The Hall–Kier alpha value is -0.680. The summed E-state index contributed by atoms with van der Waals surface area (Å²) in [5, 5.41) is 12.4. The summed E-state index contributed by atoms with van der Waals surface area (Å²) in [6, 6.07) is 5.19. The van der Waals surface area contributed by atoms with Crippen LogP contribution in [0.3, 0.4) is 0 Å². The summed E-state index contributed by atoms with van der Waals surface area (Å²) in [4.78, 5) is 11.6. The number of carbonyl (C=O) groups excluding carboxylic acids is 1. The molecule has 0 aliphatic heterocycles. The van der Waals surface area contributed by atoms with E-state index in [1.165, 1.54) is 6.08 Å². The third kappa shape index (κ3) is 7.20. The fourth-order valence-corrected chi connectivity index (χ4v) is 2.45. The molecule has 1 rings (SSSR count). The predicted molar refractivity (Wildman–Crippen MR) is 87.5 cm³/mol. The lowest BCUT2D eigenvalue weighted by atomic mass is 10.2. The molecule has 3 nitrogen and oxygen atoms in total. The van der Waals surface area contributed by atoms with Crippen LogP contribution in [0.2, 0.25) is 10.0 Å². The van der Waals surface area contributed by atoms with Crippen molar-refractivity contribution in [2.24, 2.45) is 0 Å². The molecule has 0 saturated heterocycles. The van der Waals surface area contributed by atoms with Crippen LogP contribution >= 0.6 is 35.0 Å². The van der Waals surface area contributed by atoms with Crippen LogP contribution in [0.5, 0.6) is 0 Å². The summed E-state index contributed by atoms with van der Waals surface area (Å²) in [5.41, 5.74) is 0.826. The molecule has 0 aromatic heterocycles. The van der Waals surface area contributed by atoms with Gasteiger partial charge in [-0.15, -0.1) is 0 Å². The lowest BCUT2D eigenvalue weighted by Gasteiger charge is -2.02. The Morgan fingerprint density at radius 1 is 1.30 bits per heavy atom. The molecule has 1 aromatic rings. The first kappa shape index (κ1) is 17.4. The van der Waals surface area contributed by atoms with Gasteiger partial charge in [-0.1, -0.05) is 29.3 Å². The molecule has 0 fully saturated rings. The number of carbonyl (C=O) groups is 1. The first-order valence-electron chi connectivity index (χ1n) is 6.23. The quantitative estimate of drug-likeness (QED) is 0.567. The Morgan fingerprint density at radius 3 is 2.80 bits per heavy atom. The highest BCUT2D eigenvalue weighted by Crippen LogP contribution is 2.22. The molecule has 0 spiro atoms. The first-order valence-corrected chi connectivity index (χ1v) is 8.14. The van der Waals surface area contributed by atoms with Gasteiger partial charge in [0.15, 0.2) is 0 Å². The molecule has 110 valence electrons. The second-order valence-electron chi connectivity index (χ2n) is 3.99. The van der Waals surface area contributed by atoms with Crippen molar-refractivity contribution in [1.82, 2.24) is 5.32 Å². The average molecular weight is 334 g/mol. The van der Waals surface area contributed by atoms with Crippen LogP contribution < -0.4 is 5.32 Å². The zero-order chi connectivity index (χ0) is 14.8. The molecule has 0 bridgehead atoms. The van der Waals surface area contributed by atoms with Gasteiger partial charge in [-0.25, -0.2) is 0 Å². The normalized spacial score (nSPS) is 10.9. The van der Waals surface area contributed by atoms with E-state index in [1.54, 1.807) is 36.0 Å². The van der Waals surface area contributed by atoms with Crippen molar-refractivity contribution in [3.05, 3.63) is 39.9 Å². The molecule has 0 aliphatic carbocycles. The fraction of sp³-hybridized carbons (Fsp3) is 0.357. The van der Waals surface area contributed by atoms with Crippen LogP contribution in [0.4, 0.5) is 0 Å². The van der Waals surface area contributed by atoms with Gasteiger partial charge in [-0.05, 0) is 35.9 Å². The molecule has 0 unspecified atom stereocenters. The SMILES string of the molecule is O=C(/C=C/c1ccc(Cl)c(Cl)c1)NCCSCCCO. The summed E-state index contributed by atoms with van der Waals surface area (Å²) in [6.45, 7) is 0.826. The van der Waals surface area contributed by atoms with Crippen LogP contribution in [0, 0.1) is 0 Å². The van der Waals surface area contributed by atoms with E-state index in [4.69, 9.17) is 28.3 Å². The second-order valence-corrected chi connectivity index (χ2v) is 6.03. The van der Waals surface area contributed by atoms with Gasteiger partial charge in [-0.2, -0.15) is 11.8 Å². The van der Waals surface area contributed by atoms with Gasteiger partial charge in [-0.3, -0.25) is 4.79 Å². The van der Waals surface area contributed by atoms with Gasteiger partial charge in [0.1, 0.15) is 0 Å². The molecule has 0 radical (unpaired) electrons. The van der Waals surface area contributed by atoms with E-state index in [1.807, 2.05) is 0 Å². The Morgan fingerprint density at radius 2 is 2.10 bits per heavy atom. The van der Waals surface area contributed by atoms with Crippen LogP contribution in [0.15, 0.2) is 24.3 Å². The molecule has 20 heavy (non-hydrogen) atoms. The van der Waals surface area contributed by atoms with E-state index in [0.717, 1.165) is 23.5 Å². The number of hydrogen-bond acceptors (Lipinski definition) is 3. The maximum absolute atomic E-state index is 11.6. The van der Waals surface area contributed by atoms with Crippen LogP contribution in [-0.2, 0) is 4.79 Å². The minimum Gasteiger partial charge on any atom is -0.396 e. The van der Waals surface area contributed by atoms with Crippen molar-refractivity contribution in [3.8, 4) is 0 Å². The molecule has 0 atom stereocenters. The summed E-state index contributed by atoms with van der Waals surface area (Å²) >= 11 is 13.4. The molecule has 0 saturated carbocycles. The Balaban J connectivity index is 2.27. The molecule has 0 aliphatic rings. The van der Waals surface area contributed by atoms with E-state index in [-0.39, 0.29) is 12.5 Å². The third-order valence-corrected chi connectivity index (χ3v) is 4.17. The summed E-state index contributed by atoms with van der Waals surface area (Å²) in [7, 11) is 0. The van der Waals surface area contributed by atoms with Gasteiger partial charge in [0.05, 0.1) is 10.0 Å². The summed E-state index contributed by atoms with van der Waals surface area (Å²) in [6.07, 6.45) is 3.95. The zero-order valence-corrected chi connectivity index (χ0v) is 13.3. The topological polar surface area (TPSA) is 49.3 Å². The van der Waals surface area contributed by atoms with Crippen molar-refractivity contribution in [1.29, 1.82) is 0 Å². The molecular weight excluding hydrogens is 317 g/mol. The monoisotopic (exact) mass is 333 g/mol. The second kappa shape index (κ2) is 10.1. The van der Waals surface area contributed by atoms with Gasteiger partial charge in [0.2, 0.25) is 5.91 Å². The van der Waals surface area contributed by atoms with E-state index in [0.29, 0.717) is 16.6 Å². The Kier molecular flexibility index (Phi) is 8.78. The molecular formula is C14H17Cl2NO2S. The van der Waals surface area contributed by atoms with Gasteiger partial charge >= 0.3 is 0 Å². The highest BCUT2D eigenvalue weighted by Gasteiger charge is 1.98. The summed E-state index contributed by atoms with van der Waals surface area (Å²) in [5.74, 6) is 1.61. The van der Waals surface area contributed by atoms with Crippen molar-refractivity contribution in [2.75, 3.05) is 24.7 Å². The van der Waals surface area contributed by atoms with Crippen molar-refractivity contribution in [2.45, 2.75) is 6.42 Å². The van der Waals surface area contributed by atoms with E-state index in [9.17, 15) is 4.79 Å². The third-order valence-electron chi connectivity index (χ3n) is 2.36. The number of rotatable bonds is 8. The molecule has 1 aromatic carbocycles. The lowest BCUT2D eigenvalue weighted by molar-refractivity contribution is -0.116. The Labute approximate surface area is 133 Å². The largest absolute Gasteiger partial charge is 0.396 e. The molecule has 1 amide bonds. The minimum absolute atomic E-state index is 0.140. The van der Waals surface area contributed by atoms with Gasteiger partial charge < -0.3 is 10.4 Å². The lowest BCUT2D eigenvalue weighted by Crippen LogP contribution is -2.23. The first-order chi connectivity index (χ1) is 9.63. The number of amides is 1. The highest BCUT2D eigenvalue weighted by atomic mass is 35.5. The van der Waals surface area contributed by atoms with Crippen molar-refractivity contribution in [3.63, 3.8) is 0 Å². The van der Waals surface area contributed by atoms with Crippen molar-refractivity contribution >= 4 is 46.9 Å². The minimum atomic E-state index is -0.140. The molecule has 0 heterocycles. The number of halogens is 2.